The lowest BCUT2D eigenvalue weighted by Gasteiger charge is -2.31. The van der Waals surface area contributed by atoms with Crippen molar-refractivity contribution in [2.45, 2.75) is 32.7 Å². The van der Waals surface area contributed by atoms with Gasteiger partial charge in [-0.05, 0) is 19.8 Å². The average Bonchev–Trinajstić information content (AvgIpc) is 3.09. The Balaban J connectivity index is 1.46. The Labute approximate surface area is 145 Å². The fourth-order valence-electron chi connectivity index (χ4n) is 4.34. The Morgan fingerprint density at radius 2 is 2.17 bits per heavy atom. The number of amides is 1. The fraction of sp³-hybridized carbons (Fsp3) is 0.706. The number of fused-ring (bicyclic) bond motifs is 1. The van der Waals surface area contributed by atoms with Crippen molar-refractivity contribution < 1.29 is 14.7 Å². The van der Waals surface area contributed by atoms with Gasteiger partial charge in [0.2, 0.25) is 5.91 Å². The highest BCUT2D eigenvalue weighted by molar-refractivity contribution is 7.09. The van der Waals surface area contributed by atoms with Crippen LogP contribution in [0, 0.1) is 24.2 Å². The number of rotatable bonds is 4. The Hall–Kier alpha value is -1.47. The second-order valence-electron chi connectivity index (χ2n) is 7.56. The van der Waals surface area contributed by atoms with Gasteiger partial charge in [-0.1, -0.05) is 6.42 Å². The maximum absolute atomic E-state index is 12.5. The zero-order chi connectivity index (χ0) is 16.9. The molecule has 1 aromatic rings. The summed E-state index contributed by atoms with van der Waals surface area (Å²) in [6, 6.07) is 0. The number of nitrogens with zero attached hydrogens (tertiary/aromatic N) is 3. The normalized spacial score (nSPS) is 30.4. The van der Waals surface area contributed by atoms with E-state index in [1.54, 1.807) is 11.3 Å². The topological polar surface area (TPSA) is 73.7 Å². The summed E-state index contributed by atoms with van der Waals surface area (Å²) in [5, 5.41) is 13.0. The molecule has 130 valence electrons. The quantitative estimate of drug-likeness (QED) is 0.894. The molecule has 3 heterocycles. The maximum Gasteiger partial charge on any atom is 0.313 e. The first kappa shape index (κ1) is 16.0. The number of aliphatic carboxylic acids is 1. The number of carboxylic acids is 1. The van der Waals surface area contributed by atoms with Gasteiger partial charge < -0.3 is 10.0 Å². The molecular weight excluding hydrogens is 326 g/mol. The standard InChI is InChI=1S/C17H23N3O3S/c1-11-8-24-14(18-11)7-19-5-13-6-20(15(21)12-3-2-4-12)10-17(13,9-19)16(22)23/h8,12-13H,2-7,9-10H2,1H3,(H,22,23)/t13-,17-/m0/s1. The van der Waals surface area contributed by atoms with E-state index in [-0.39, 0.29) is 17.7 Å². The van der Waals surface area contributed by atoms with Gasteiger partial charge in [-0.3, -0.25) is 14.5 Å². The Morgan fingerprint density at radius 1 is 1.38 bits per heavy atom. The number of thiazole rings is 1. The van der Waals surface area contributed by atoms with Gasteiger partial charge in [0.25, 0.3) is 0 Å². The number of carbonyl (C=O) groups excluding carboxylic acids is 1. The van der Waals surface area contributed by atoms with Crippen molar-refractivity contribution in [1.82, 2.24) is 14.8 Å². The van der Waals surface area contributed by atoms with Crippen molar-refractivity contribution >= 4 is 23.2 Å². The molecule has 2 atom stereocenters. The summed E-state index contributed by atoms with van der Waals surface area (Å²) >= 11 is 1.63. The largest absolute Gasteiger partial charge is 0.481 e. The molecule has 2 saturated heterocycles. The molecule has 2 aliphatic heterocycles. The van der Waals surface area contributed by atoms with Crippen LogP contribution < -0.4 is 0 Å². The van der Waals surface area contributed by atoms with E-state index in [1.807, 2.05) is 17.2 Å². The molecule has 0 aromatic carbocycles. The molecule has 24 heavy (non-hydrogen) atoms. The highest BCUT2D eigenvalue weighted by Crippen LogP contribution is 2.44. The lowest BCUT2D eigenvalue weighted by molar-refractivity contribution is -0.149. The smallest absolute Gasteiger partial charge is 0.313 e. The van der Waals surface area contributed by atoms with Crippen LogP contribution >= 0.6 is 11.3 Å². The minimum Gasteiger partial charge on any atom is -0.481 e. The molecule has 0 spiro atoms. The Morgan fingerprint density at radius 3 is 2.71 bits per heavy atom. The number of likely N-dealkylation sites (tertiary alicyclic amines) is 2. The predicted octanol–water partition coefficient (Wildman–Crippen LogP) is 1.60. The monoisotopic (exact) mass is 349 g/mol. The maximum atomic E-state index is 12.5. The van der Waals surface area contributed by atoms with Crippen molar-refractivity contribution in [3.63, 3.8) is 0 Å². The number of aryl methyl sites for hydroxylation is 1. The molecule has 3 fully saturated rings. The molecule has 1 amide bonds. The van der Waals surface area contributed by atoms with Crippen molar-refractivity contribution in [3.8, 4) is 0 Å². The zero-order valence-corrected chi connectivity index (χ0v) is 14.7. The Kier molecular flexibility index (Phi) is 3.88. The van der Waals surface area contributed by atoms with Gasteiger partial charge in [0.15, 0.2) is 0 Å². The summed E-state index contributed by atoms with van der Waals surface area (Å²) in [5.41, 5.74) is 0.214. The lowest BCUT2D eigenvalue weighted by atomic mass is 9.81. The number of aromatic nitrogens is 1. The second-order valence-corrected chi connectivity index (χ2v) is 8.50. The van der Waals surface area contributed by atoms with Crippen LogP contribution in [0.1, 0.15) is 30.0 Å². The van der Waals surface area contributed by atoms with Crippen LogP contribution in [0.3, 0.4) is 0 Å². The summed E-state index contributed by atoms with van der Waals surface area (Å²) in [7, 11) is 0. The molecule has 1 aliphatic carbocycles. The number of carboxylic acid groups (broad SMARTS) is 1. The molecule has 4 rings (SSSR count). The minimum absolute atomic E-state index is 0.0279. The highest BCUT2D eigenvalue weighted by Gasteiger charge is 2.58. The molecule has 6 nitrogen and oxygen atoms in total. The minimum atomic E-state index is -0.800. The summed E-state index contributed by atoms with van der Waals surface area (Å²) in [6.45, 7) is 4.90. The van der Waals surface area contributed by atoms with Gasteiger partial charge in [-0.2, -0.15) is 0 Å². The van der Waals surface area contributed by atoms with E-state index in [0.29, 0.717) is 26.2 Å². The molecule has 3 aliphatic rings. The molecule has 1 aromatic heterocycles. The third-order valence-electron chi connectivity index (χ3n) is 5.90. The van der Waals surface area contributed by atoms with Crippen molar-refractivity contribution in [1.29, 1.82) is 0 Å². The third kappa shape index (κ3) is 2.54. The molecule has 7 heteroatoms. The van der Waals surface area contributed by atoms with Crippen LogP contribution in [0.2, 0.25) is 0 Å². The van der Waals surface area contributed by atoms with Crippen LogP contribution in [-0.2, 0) is 16.1 Å². The molecule has 1 N–H and O–H groups in total. The Bertz CT molecular complexity index is 672. The molecular formula is C17H23N3O3S. The van der Waals surface area contributed by atoms with E-state index in [1.165, 1.54) is 0 Å². The van der Waals surface area contributed by atoms with Crippen molar-refractivity contribution in [3.05, 3.63) is 16.1 Å². The summed E-state index contributed by atoms with van der Waals surface area (Å²) in [4.78, 5) is 33.1. The molecule has 0 unspecified atom stereocenters. The van der Waals surface area contributed by atoms with Gasteiger partial charge in [0, 0.05) is 49.1 Å². The van der Waals surface area contributed by atoms with Gasteiger partial charge in [0.1, 0.15) is 10.4 Å². The third-order valence-corrected chi connectivity index (χ3v) is 6.85. The highest BCUT2D eigenvalue weighted by atomic mass is 32.1. The van der Waals surface area contributed by atoms with Gasteiger partial charge in [-0.15, -0.1) is 11.3 Å². The van der Waals surface area contributed by atoms with E-state index >= 15 is 0 Å². The molecule has 0 bridgehead atoms. The molecule has 1 saturated carbocycles. The predicted molar refractivity (Wildman–Crippen MR) is 89.6 cm³/mol. The first-order valence-electron chi connectivity index (χ1n) is 8.63. The summed E-state index contributed by atoms with van der Waals surface area (Å²) in [6.07, 6.45) is 3.06. The van der Waals surface area contributed by atoms with Crippen molar-refractivity contribution in [2.24, 2.45) is 17.3 Å². The average molecular weight is 349 g/mol. The van der Waals surface area contributed by atoms with Gasteiger partial charge in [-0.25, -0.2) is 4.98 Å². The van der Waals surface area contributed by atoms with E-state index in [0.717, 1.165) is 36.5 Å². The van der Waals surface area contributed by atoms with Gasteiger partial charge in [0.05, 0.1) is 6.54 Å². The zero-order valence-electron chi connectivity index (χ0n) is 13.9. The first-order chi connectivity index (χ1) is 11.5. The summed E-state index contributed by atoms with van der Waals surface area (Å²) < 4.78 is 0. The van der Waals surface area contributed by atoms with Crippen LogP contribution in [-0.4, -0.2) is 57.9 Å². The van der Waals surface area contributed by atoms with Gasteiger partial charge >= 0.3 is 5.97 Å². The number of carbonyl (C=O) groups is 2. The van der Waals surface area contributed by atoms with E-state index in [4.69, 9.17) is 0 Å². The summed E-state index contributed by atoms with van der Waals surface area (Å²) in [5.74, 6) is -0.406. The first-order valence-corrected chi connectivity index (χ1v) is 9.51. The molecule has 0 radical (unpaired) electrons. The van der Waals surface area contributed by atoms with Crippen LogP contribution in [0.4, 0.5) is 0 Å². The fourth-order valence-corrected chi connectivity index (χ4v) is 5.15. The van der Waals surface area contributed by atoms with E-state index < -0.39 is 11.4 Å². The van der Waals surface area contributed by atoms with Crippen LogP contribution in [0.5, 0.6) is 0 Å². The van der Waals surface area contributed by atoms with E-state index in [2.05, 4.69) is 9.88 Å². The number of hydrogen-bond acceptors (Lipinski definition) is 5. The lowest BCUT2D eigenvalue weighted by Crippen LogP contribution is -2.44. The van der Waals surface area contributed by atoms with E-state index in [9.17, 15) is 14.7 Å². The van der Waals surface area contributed by atoms with Crippen LogP contribution in [0.25, 0.3) is 0 Å². The second kappa shape index (κ2) is 5.81. The SMILES string of the molecule is Cc1csc(CN2C[C@H]3CN(C(=O)C4CCC4)C[C@@]3(C(=O)O)C2)n1. The van der Waals surface area contributed by atoms with Crippen molar-refractivity contribution in [2.75, 3.05) is 26.2 Å². The number of hydrogen-bond donors (Lipinski definition) is 1. The van der Waals surface area contributed by atoms with Crippen LogP contribution in [0.15, 0.2) is 5.38 Å².